The fraction of sp³-hybridized carbons (Fsp3) is 0.474. The number of hydrogen-bond donors (Lipinski definition) is 2. The van der Waals surface area contributed by atoms with Gasteiger partial charge in [-0.1, -0.05) is 12.8 Å². The smallest absolute Gasteiger partial charge is 0.422 e. The maximum atomic E-state index is 12.5. The molecule has 2 aromatic rings. The van der Waals surface area contributed by atoms with Crippen molar-refractivity contribution in [1.29, 1.82) is 0 Å². The van der Waals surface area contributed by atoms with Crippen LogP contribution < -0.4 is 20.1 Å². The monoisotopic (exact) mass is 441 g/mol. The quantitative estimate of drug-likeness (QED) is 0.689. The van der Waals surface area contributed by atoms with E-state index in [0.717, 1.165) is 25.7 Å². The SMILES string of the molecule is COC(=O)c1ccc2cc1OCCCCCCNc1nc(nc(OCC(F)(F)F)n1)N2. The Balaban J connectivity index is 1.91. The average Bonchev–Trinajstić information content (AvgIpc) is 2.73. The zero-order chi connectivity index (χ0) is 22.3. The molecule has 4 bridgehead atoms. The maximum absolute atomic E-state index is 12.5. The summed E-state index contributed by atoms with van der Waals surface area (Å²) < 4.78 is 52.8. The number of carbonyl (C=O) groups is 1. The first-order valence-corrected chi connectivity index (χ1v) is 9.66. The number of nitrogens with one attached hydrogen (secondary N) is 2. The van der Waals surface area contributed by atoms with Gasteiger partial charge < -0.3 is 24.8 Å². The van der Waals surface area contributed by atoms with Gasteiger partial charge in [0, 0.05) is 18.3 Å². The van der Waals surface area contributed by atoms with Crippen molar-refractivity contribution in [3.63, 3.8) is 0 Å². The molecule has 1 aromatic carbocycles. The lowest BCUT2D eigenvalue weighted by molar-refractivity contribution is -0.154. The van der Waals surface area contributed by atoms with E-state index >= 15 is 0 Å². The largest absolute Gasteiger partial charge is 0.493 e. The Bertz CT molecular complexity index is 911. The number of halogens is 3. The van der Waals surface area contributed by atoms with Gasteiger partial charge in [0.1, 0.15) is 11.3 Å². The summed E-state index contributed by atoms with van der Waals surface area (Å²) in [4.78, 5) is 24.0. The lowest BCUT2D eigenvalue weighted by Crippen LogP contribution is -2.21. The van der Waals surface area contributed by atoms with E-state index in [2.05, 4.69) is 30.3 Å². The zero-order valence-electron chi connectivity index (χ0n) is 16.8. The van der Waals surface area contributed by atoms with Gasteiger partial charge in [-0.05, 0) is 25.0 Å². The normalized spacial score (nSPS) is 14.7. The highest BCUT2D eigenvalue weighted by atomic mass is 19.4. The number of fused-ring (bicyclic) bond motifs is 4. The van der Waals surface area contributed by atoms with Crippen LogP contribution in [0, 0.1) is 0 Å². The van der Waals surface area contributed by atoms with Crippen LogP contribution in [0.25, 0.3) is 0 Å². The van der Waals surface area contributed by atoms with Crippen LogP contribution >= 0.6 is 0 Å². The molecule has 0 saturated carbocycles. The van der Waals surface area contributed by atoms with Crippen LogP contribution in [-0.2, 0) is 4.74 Å². The molecule has 0 unspecified atom stereocenters. The Morgan fingerprint density at radius 1 is 1.13 bits per heavy atom. The van der Waals surface area contributed by atoms with Gasteiger partial charge in [-0.2, -0.15) is 28.1 Å². The van der Waals surface area contributed by atoms with Crippen molar-refractivity contribution >= 4 is 23.6 Å². The predicted molar refractivity (Wildman–Crippen MR) is 105 cm³/mol. The second kappa shape index (κ2) is 10.1. The van der Waals surface area contributed by atoms with Crippen molar-refractivity contribution in [1.82, 2.24) is 15.0 Å². The first-order valence-electron chi connectivity index (χ1n) is 9.66. The van der Waals surface area contributed by atoms with Crippen molar-refractivity contribution < 1.29 is 32.2 Å². The Labute approximate surface area is 176 Å². The summed E-state index contributed by atoms with van der Waals surface area (Å²) in [5.74, 6) is -0.171. The number of nitrogens with zero attached hydrogens (tertiary/aromatic N) is 3. The minimum absolute atomic E-state index is 0.0266. The molecule has 0 atom stereocenters. The molecule has 31 heavy (non-hydrogen) atoms. The first kappa shape index (κ1) is 22.4. The number of methoxy groups -OCH3 is 1. The summed E-state index contributed by atoms with van der Waals surface area (Å²) in [7, 11) is 1.27. The summed E-state index contributed by atoms with van der Waals surface area (Å²) in [6.07, 6.45) is -1.14. The third kappa shape index (κ3) is 6.86. The Morgan fingerprint density at radius 3 is 2.68 bits per heavy atom. The molecule has 0 radical (unpaired) electrons. The first-order chi connectivity index (χ1) is 14.8. The van der Waals surface area contributed by atoms with Crippen LogP contribution in [-0.4, -0.2) is 54.0 Å². The molecule has 0 spiro atoms. The van der Waals surface area contributed by atoms with Gasteiger partial charge in [-0.25, -0.2) is 4.79 Å². The van der Waals surface area contributed by atoms with E-state index in [-0.39, 0.29) is 17.5 Å². The van der Waals surface area contributed by atoms with Gasteiger partial charge in [0.15, 0.2) is 6.61 Å². The van der Waals surface area contributed by atoms with E-state index in [9.17, 15) is 18.0 Å². The molecule has 3 rings (SSSR count). The van der Waals surface area contributed by atoms with Crippen LogP contribution in [0.2, 0.25) is 0 Å². The van der Waals surface area contributed by atoms with E-state index in [1.165, 1.54) is 13.2 Å². The number of carbonyl (C=O) groups excluding carboxylic acids is 1. The van der Waals surface area contributed by atoms with Gasteiger partial charge in [0.25, 0.3) is 0 Å². The summed E-state index contributed by atoms with van der Waals surface area (Å²) in [5, 5.41) is 5.85. The third-order valence-electron chi connectivity index (χ3n) is 4.23. The van der Waals surface area contributed by atoms with E-state index in [4.69, 9.17) is 9.47 Å². The highest BCUT2D eigenvalue weighted by molar-refractivity contribution is 5.93. The molecular weight excluding hydrogens is 419 g/mol. The standard InChI is InChI=1S/C19H22F3N5O4/c1-29-15(28)13-7-6-12-10-14(13)30-9-5-3-2-4-8-23-16-25-17(24-12)27-18(26-16)31-11-19(20,21)22/h6-7,10H,2-5,8-9,11H2,1H3,(H2,23,24,25,26,27). The number of ether oxygens (including phenoxy) is 3. The Morgan fingerprint density at radius 2 is 1.90 bits per heavy atom. The van der Waals surface area contributed by atoms with Crippen molar-refractivity contribution in [2.75, 3.05) is 37.5 Å². The van der Waals surface area contributed by atoms with Crippen molar-refractivity contribution in [3.8, 4) is 11.8 Å². The third-order valence-corrected chi connectivity index (χ3v) is 4.23. The second-order valence-corrected chi connectivity index (χ2v) is 6.69. The predicted octanol–water partition coefficient (Wildman–Crippen LogP) is 3.71. The molecule has 168 valence electrons. The van der Waals surface area contributed by atoms with Gasteiger partial charge >= 0.3 is 18.2 Å². The number of rotatable bonds is 3. The van der Waals surface area contributed by atoms with Crippen molar-refractivity contribution in [2.45, 2.75) is 31.9 Å². The number of alkyl halides is 3. The molecule has 1 aliphatic heterocycles. The summed E-state index contributed by atoms with van der Waals surface area (Å²) in [6, 6.07) is 4.19. The van der Waals surface area contributed by atoms with Gasteiger partial charge in [0.2, 0.25) is 11.9 Å². The molecule has 2 N–H and O–H groups in total. The van der Waals surface area contributed by atoms with Gasteiger partial charge in [-0.15, -0.1) is 0 Å². The lowest BCUT2D eigenvalue weighted by Gasteiger charge is -2.13. The minimum atomic E-state index is -4.53. The van der Waals surface area contributed by atoms with E-state index < -0.39 is 24.8 Å². The van der Waals surface area contributed by atoms with Crippen LogP contribution in [0.3, 0.4) is 0 Å². The fourth-order valence-electron chi connectivity index (χ4n) is 2.79. The van der Waals surface area contributed by atoms with Crippen LogP contribution in [0.1, 0.15) is 36.0 Å². The number of benzene rings is 1. The molecule has 0 saturated heterocycles. The lowest BCUT2D eigenvalue weighted by atomic mass is 10.1. The molecule has 1 aromatic heterocycles. The topological polar surface area (TPSA) is 107 Å². The second-order valence-electron chi connectivity index (χ2n) is 6.69. The van der Waals surface area contributed by atoms with Crippen molar-refractivity contribution in [2.24, 2.45) is 0 Å². The molecule has 2 heterocycles. The molecule has 0 fully saturated rings. The maximum Gasteiger partial charge on any atom is 0.422 e. The summed E-state index contributed by atoms with van der Waals surface area (Å²) in [6.45, 7) is -0.576. The van der Waals surface area contributed by atoms with Gasteiger partial charge in [0.05, 0.1) is 13.7 Å². The van der Waals surface area contributed by atoms with E-state index in [1.807, 2.05) is 0 Å². The molecule has 1 aliphatic rings. The van der Waals surface area contributed by atoms with Gasteiger partial charge in [-0.3, -0.25) is 0 Å². The zero-order valence-corrected chi connectivity index (χ0v) is 16.8. The summed E-state index contributed by atoms with van der Waals surface area (Å²) >= 11 is 0. The molecule has 0 amide bonds. The molecule has 9 nitrogen and oxygen atoms in total. The number of aromatic nitrogens is 3. The highest BCUT2D eigenvalue weighted by Crippen LogP contribution is 2.27. The van der Waals surface area contributed by atoms with E-state index in [0.29, 0.717) is 24.6 Å². The van der Waals surface area contributed by atoms with Crippen LogP contribution in [0.4, 0.5) is 30.8 Å². The highest BCUT2D eigenvalue weighted by Gasteiger charge is 2.29. The Kier molecular flexibility index (Phi) is 7.32. The molecular formula is C19H22F3N5O4. The van der Waals surface area contributed by atoms with Crippen molar-refractivity contribution in [3.05, 3.63) is 23.8 Å². The average molecular weight is 441 g/mol. The molecule has 0 aliphatic carbocycles. The Hall–Kier alpha value is -3.31. The molecule has 12 heteroatoms. The van der Waals surface area contributed by atoms with Crippen LogP contribution in [0.15, 0.2) is 18.2 Å². The number of esters is 1. The summed E-state index contributed by atoms with van der Waals surface area (Å²) in [5.41, 5.74) is 0.709. The van der Waals surface area contributed by atoms with Crippen LogP contribution in [0.5, 0.6) is 11.8 Å². The minimum Gasteiger partial charge on any atom is -0.493 e. The van der Waals surface area contributed by atoms with E-state index in [1.54, 1.807) is 12.1 Å². The fourth-order valence-corrected chi connectivity index (χ4v) is 2.79. The number of anilines is 3. The number of hydrogen-bond acceptors (Lipinski definition) is 9.